The lowest BCUT2D eigenvalue weighted by atomic mass is 10.1. The zero-order chi connectivity index (χ0) is 16.5. The van der Waals surface area contributed by atoms with E-state index in [1.54, 1.807) is 6.92 Å². The van der Waals surface area contributed by atoms with Gasteiger partial charge >= 0.3 is 0 Å². The first-order valence-electron chi connectivity index (χ1n) is 6.86. The van der Waals surface area contributed by atoms with Crippen molar-refractivity contribution in [1.29, 1.82) is 0 Å². The molecule has 0 spiro atoms. The maximum atomic E-state index is 12.7. The Balaban J connectivity index is 0.00000264. The number of halogens is 2. The Morgan fingerprint density at radius 1 is 1.48 bits per heavy atom. The molecule has 1 aliphatic heterocycles. The topological polar surface area (TPSA) is 92.6 Å². The Labute approximate surface area is 150 Å². The highest BCUT2D eigenvalue weighted by atomic mass is 79.9. The van der Waals surface area contributed by atoms with Crippen LogP contribution in [0.2, 0.25) is 0 Å². The van der Waals surface area contributed by atoms with Gasteiger partial charge in [-0.05, 0) is 38.9 Å². The lowest BCUT2D eigenvalue weighted by Gasteiger charge is -2.17. The summed E-state index contributed by atoms with van der Waals surface area (Å²) in [6, 6.07) is 2.57. The lowest BCUT2D eigenvalue weighted by Crippen LogP contribution is -2.30. The van der Waals surface area contributed by atoms with E-state index >= 15 is 0 Å². The molecular formula is C13H19BrClN3O4S. The van der Waals surface area contributed by atoms with Gasteiger partial charge in [0.1, 0.15) is 0 Å². The summed E-state index contributed by atoms with van der Waals surface area (Å²) in [5.41, 5.74) is 0.220. The van der Waals surface area contributed by atoms with Gasteiger partial charge in [0.15, 0.2) is 0 Å². The summed E-state index contributed by atoms with van der Waals surface area (Å²) in [5.74, 6) is 0.267. The average molecular weight is 429 g/mol. The SMILES string of the molecule is CNCC1CCN(S(=O)(=O)c2cc(Br)c(C)c([N+](=O)[O-])c2)C1.Cl. The normalized spacial score (nSPS) is 18.7. The van der Waals surface area contributed by atoms with Gasteiger partial charge in [0.2, 0.25) is 10.0 Å². The minimum Gasteiger partial charge on any atom is -0.319 e. The molecule has 1 fully saturated rings. The highest BCUT2D eigenvalue weighted by molar-refractivity contribution is 9.10. The van der Waals surface area contributed by atoms with Crippen molar-refractivity contribution in [2.75, 3.05) is 26.7 Å². The van der Waals surface area contributed by atoms with E-state index < -0.39 is 14.9 Å². The van der Waals surface area contributed by atoms with E-state index in [9.17, 15) is 18.5 Å². The Hall–Kier alpha value is -0.740. The van der Waals surface area contributed by atoms with Gasteiger partial charge in [0.05, 0.1) is 9.82 Å². The zero-order valence-corrected chi connectivity index (χ0v) is 16.0. The van der Waals surface area contributed by atoms with Crippen LogP contribution in [-0.4, -0.2) is 44.3 Å². The molecule has 0 aliphatic carbocycles. The number of nitrogens with one attached hydrogen (secondary N) is 1. The van der Waals surface area contributed by atoms with Crippen molar-refractivity contribution in [3.8, 4) is 0 Å². The molecule has 0 saturated carbocycles. The second-order valence-corrected chi connectivity index (χ2v) is 8.17. The number of nitrogens with zero attached hydrogens (tertiary/aromatic N) is 2. The summed E-state index contributed by atoms with van der Waals surface area (Å²) in [6.07, 6.45) is 0.787. The second kappa shape index (κ2) is 7.89. The molecule has 0 aromatic heterocycles. The van der Waals surface area contributed by atoms with E-state index in [0.29, 0.717) is 23.1 Å². The third kappa shape index (κ3) is 4.21. The second-order valence-electron chi connectivity index (χ2n) is 5.38. The standard InChI is InChI=1S/C13H18BrN3O4S.ClH/c1-9-12(14)5-11(6-13(9)17(18)19)22(20,21)16-4-3-10(8-16)7-15-2;/h5-6,10,15H,3-4,7-8H2,1-2H3;1H. The molecule has 1 aromatic carbocycles. The molecule has 1 aromatic rings. The fraction of sp³-hybridized carbons (Fsp3) is 0.538. The van der Waals surface area contributed by atoms with Gasteiger partial charge in [-0.15, -0.1) is 12.4 Å². The van der Waals surface area contributed by atoms with Crippen LogP contribution in [-0.2, 0) is 10.0 Å². The Morgan fingerprint density at radius 2 is 2.13 bits per heavy atom. The first kappa shape index (κ1) is 20.3. The molecular weight excluding hydrogens is 410 g/mol. The van der Waals surface area contributed by atoms with E-state index in [0.717, 1.165) is 19.0 Å². The fourth-order valence-electron chi connectivity index (χ4n) is 2.60. The van der Waals surface area contributed by atoms with Gasteiger partial charge in [-0.25, -0.2) is 8.42 Å². The summed E-state index contributed by atoms with van der Waals surface area (Å²) < 4.78 is 27.2. The predicted octanol–water partition coefficient (Wildman–Crippen LogP) is 2.32. The molecule has 2 rings (SSSR count). The van der Waals surface area contributed by atoms with Crippen molar-refractivity contribution >= 4 is 44.0 Å². The molecule has 23 heavy (non-hydrogen) atoms. The first-order chi connectivity index (χ1) is 10.3. The van der Waals surface area contributed by atoms with Crippen LogP contribution >= 0.6 is 28.3 Å². The van der Waals surface area contributed by atoms with E-state index in [2.05, 4.69) is 21.2 Å². The van der Waals surface area contributed by atoms with Crippen molar-refractivity contribution in [3.05, 3.63) is 32.3 Å². The third-order valence-corrected chi connectivity index (χ3v) is 6.53. The van der Waals surface area contributed by atoms with Crippen LogP contribution in [0.3, 0.4) is 0 Å². The molecule has 0 radical (unpaired) electrons. The highest BCUT2D eigenvalue weighted by Crippen LogP contribution is 2.32. The molecule has 1 unspecified atom stereocenters. The molecule has 1 atom stereocenters. The minimum atomic E-state index is -3.71. The van der Waals surface area contributed by atoms with Crippen LogP contribution in [0.25, 0.3) is 0 Å². The molecule has 7 nitrogen and oxygen atoms in total. The Morgan fingerprint density at radius 3 is 2.70 bits per heavy atom. The van der Waals surface area contributed by atoms with Gasteiger partial charge < -0.3 is 5.32 Å². The summed E-state index contributed by atoms with van der Waals surface area (Å²) >= 11 is 3.21. The number of sulfonamides is 1. The van der Waals surface area contributed by atoms with Gasteiger partial charge in [0.25, 0.3) is 5.69 Å². The van der Waals surface area contributed by atoms with Crippen LogP contribution in [0.15, 0.2) is 21.5 Å². The number of nitro groups is 1. The maximum Gasteiger partial charge on any atom is 0.274 e. The summed E-state index contributed by atoms with van der Waals surface area (Å²) in [6.45, 7) is 3.21. The predicted molar refractivity (Wildman–Crippen MR) is 93.6 cm³/mol. The molecule has 1 saturated heterocycles. The number of benzene rings is 1. The quantitative estimate of drug-likeness (QED) is 0.574. The van der Waals surface area contributed by atoms with Crippen LogP contribution in [0.1, 0.15) is 12.0 Å². The van der Waals surface area contributed by atoms with Crippen molar-refractivity contribution in [3.63, 3.8) is 0 Å². The van der Waals surface area contributed by atoms with Crippen molar-refractivity contribution in [1.82, 2.24) is 9.62 Å². The van der Waals surface area contributed by atoms with Crippen molar-refractivity contribution in [2.45, 2.75) is 18.2 Å². The van der Waals surface area contributed by atoms with E-state index in [1.165, 1.54) is 10.4 Å². The molecule has 130 valence electrons. The first-order valence-corrected chi connectivity index (χ1v) is 9.10. The monoisotopic (exact) mass is 427 g/mol. The molecule has 0 amide bonds. The van der Waals surface area contributed by atoms with Crippen LogP contribution in [0.5, 0.6) is 0 Å². The molecule has 0 bridgehead atoms. The summed E-state index contributed by atoms with van der Waals surface area (Å²) in [4.78, 5) is 10.5. The average Bonchev–Trinajstić information content (AvgIpc) is 2.91. The van der Waals surface area contributed by atoms with Gasteiger partial charge in [0, 0.05) is 29.2 Å². The number of hydrogen-bond acceptors (Lipinski definition) is 5. The van der Waals surface area contributed by atoms with Gasteiger partial charge in [-0.1, -0.05) is 15.9 Å². The molecule has 10 heteroatoms. The zero-order valence-electron chi connectivity index (χ0n) is 12.8. The summed E-state index contributed by atoms with van der Waals surface area (Å²) in [7, 11) is -1.88. The number of hydrogen-bond donors (Lipinski definition) is 1. The summed E-state index contributed by atoms with van der Waals surface area (Å²) in [5, 5.41) is 14.1. The molecule has 1 N–H and O–H groups in total. The fourth-order valence-corrected chi connectivity index (χ4v) is 4.78. The van der Waals surface area contributed by atoms with Gasteiger partial charge in [-0.3, -0.25) is 10.1 Å². The van der Waals surface area contributed by atoms with Crippen molar-refractivity contribution in [2.24, 2.45) is 5.92 Å². The maximum absolute atomic E-state index is 12.7. The van der Waals surface area contributed by atoms with Crippen molar-refractivity contribution < 1.29 is 13.3 Å². The Kier molecular flexibility index (Phi) is 6.96. The Bertz CT molecular complexity index is 699. The van der Waals surface area contributed by atoms with Crippen LogP contribution in [0.4, 0.5) is 5.69 Å². The van der Waals surface area contributed by atoms with Gasteiger partial charge in [-0.2, -0.15) is 4.31 Å². The van der Waals surface area contributed by atoms with Crippen LogP contribution in [0, 0.1) is 23.0 Å². The lowest BCUT2D eigenvalue weighted by molar-refractivity contribution is -0.385. The number of rotatable bonds is 5. The smallest absolute Gasteiger partial charge is 0.274 e. The molecule has 1 heterocycles. The van der Waals surface area contributed by atoms with E-state index in [1.807, 2.05) is 7.05 Å². The molecule has 1 aliphatic rings. The van der Waals surface area contributed by atoms with E-state index in [-0.39, 0.29) is 28.9 Å². The largest absolute Gasteiger partial charge is 0.319 e. The highest BCUT2D eigenvalue weighted by Gasteiger charge is 2.33. The third-order valence-electron chi connectivity index (χ3n) is 3.87. The van der Waals surface area contributed by atoms with E-state index in [4.69, 9.17) is 0 Å². The minimum absolute atomic E-state index is 0. The number of nitro benzene ring substituents is 1. The van der Waals surface area contributed by atoms with Crippen LogP contribution < -0.4 is 5.32 Å².